The van der Waals surface area contributed by atoms with E-state index in [4.69, 9.17) is 9.47 Å². The highest BCUT2D eigenvalue weighted by Crippen LogP contribution is 2.40. The molecule has 4 nitrogen and oxygen atoms in total. The zero-order valence-electron chi connectivity index (χ0n) is 18.1. The number of rotatable bonds is 8. The first kappa shape index (κ1) is 23.7. The van der Waals surface area contributed by atoms with Crippen LogP contribution in [0.5, 0.6) is 0 Å². The number of allylic oxidation sites excluding steroid dienone is 9. The van der Waals surface area contributed by atoms with Crippen molar-refractivity contribution in [1.29, 1.82) is 0 Å². The molecule has 4 heteroatoms. The molecule has 0 amide bonds. The van der Waals surface area contributed by atoms with Gasteiger partial charge in [-0.15, -0.1) is 0 Å². The van der Waals surface area contributed by atoms with Crippen LogP contribution in [0, 0.1) is 5.41 Å². The minimum Gasteiger partial charge on any atom is -0.428 e. The second kappa shape index (κ2) is 11.5. The van der Waals surface area contributed by atoms with Crippen molar-refractivity contribution in [3.05, 3.63) is 58.7 Å². The smallest absolute Gasteiger partial charge is 0.333 e. The van der Waals surface area contributed by atoms with Gasteiger partial charge in [-0.2, -0.15) is 0 Å². The Hall–Kier alpha value is -2.36. The van der Waals surface area contributed by atoms with Gasteiger partial charge in [-0.3, -0.25) is 4.79 Å². The lowest BCUT2D eigenvalue weighted by Crippen LogP contribution is -2.19. The van der Waals surface area contributed by atoms with Crippen LogP contribution in [0.4, 0.5) is 0 Å². The van der Waals surface area contributed by atoms with Crippen LogP contribution in [-0.2, 0) is 19.1 Å². The van der Waals surface area contributed by atoms with E-state index in [1.165, 1.54) is 36.5 Å². The maximum Gasteiger partial charge on any atom is 0.333 e. The molecular weight excluding hydrogens is 352 g/mol. The normalized spacial score (nSPS) is 18.1. The van der Waals surface area contributed by atoms with E-state index in [2.05, 4.69) is 39.8 Å². The zero-order valence-corrected chi connectivity index (χ0v) is 18.1. The lowest BCUT2D eigenvalue weighted by atomic mass is 9.72. The molecule has 1 rings (SSSR count). The summed E-state index contributed by atoms with van der Waals surface area (Å²) >= 11 is 0. The minimum absolute atomic E-state index is 0.236. The van der Waals surface area contributed by atoms with Crippen LogP contribution >= 0.6 is 0 Å². The Bertz CT molecular complexity index is 715. The first-order valence-corrected chi connectivity index (χ1v) is 9.89. The molecule has 1 aliphatic carbocycles. The molecule has 0 aromatic heterocycles. The van der Waals surface area contributed by atoms with Crippen molar-refractivity contribution in [2.75, 3.05) is 6.79 Å². The Morgan fingerprint density at radius 3 is 2.46 bits per heavy atom. The molecule has 28 heavy (non-hydrogen) atoms. The van der Waals surface area contributed by atoms with Crippen molar-refractivity contribution >= 4 is 11.9 Å². The topological polar surface area (TPSA) is 52.6 Å². The molecule has 0 saturated heterocycles. The fourth-order valence-electron chi connectivity index (χ4n) is 3.16. The summed E-state index contributed by atoms with van der Waals surface area (Å²) in [6, 6.07) is 0. The van der Waals surface area contributed by atoms with Crippen LogP contribution in [0.3, 0.4) is 0 Å². The predicted molar refractivity (Wildman–Crippen MR) is 113 cm³/mol. The van der Waals surface area contributed by atoms with Gasteiger partial charge in [0, 0.05) is 12.5 Å². The fraction of sp³-hybridized carbons (Fsp3) is 0.500. The van der Waals surface area contributed by atoms with E-state index < -0.39 is 11.9 Å². The summed E-state index contributed by atoms with van der Waals surface area (Å²) in [4.78, 5) is 22.6. The molecule has 0 aromatic carbocycles. The highest BCUT2D eigenvalue weighted by Gasteiger charge is 2.26. The highest BCUT2D eigenvalue weighted by atomic mass is 16.7. The SMILES string of the molecule is CCC(=O)OCOC(=O)/C=C(C)/C=C/C=C(C)/C=C/C1=C(C)CCCC1(C)C. The molecule has 0 saturated carbocycles. The van der Waals surface area contributed by atoms with Crippen molar-refractivity contribution in [3.63, 3.8) is 0 Å². The van der Waals surface area contributed by atoms with Gasteiger partial charge in [0.1, 0.15) is 0 Å². The number of hydrogen-bond acceptors (Lipinski definition) is 4. The number of carbonyl (C=O) groups is 2. The lowest BCUT2D eigenvalue weighted by Gasteiger charge is -2.32. The van der Waals surface area contributed by atoms with Gasteiger partial charge in [0.2, 0.25) is 6.79 Å². The third-order valence-corrected chi connectivity index (χ3v) is 4.83. The molecule has 0 bridgehead atoms. The average Bonchev–Trinajstić information content (AvgIpc) is 2.60. The lowest BCUT2D eigenvalue weighted by molar-refractivity contribution is -0.163. The molecule has 0 atom stereocenters. The Morgan fingerprint density at radius 2 is 1.82 bits per heavy atom. The summed E-state index contributed by atoms with van der Waals surface area (Å²) in [6.07, 6.45) is 15.4. The van der Waals surface area contributed by atoms with Crippen LogP contribution in [0.25, 0.3) is 0 Å². The first-order valence-electron chi connectivity index (χ1n) is 9.89. The zero-order chi connectivity index (χ0) is 21.2. The summed E-state index contributed by atoms with van der Waals surface area (Å²) in [5.41, 5.74) is 5.06. The van der Waals surface area contributed by atoms with Gasteiger partial charge in [-0.1, -0.05) is 62.3 Å². The molecule has 1 aliphatic rings. The summed E-state index contributed by atoms with van der Waals surface area (Å²) in [5, 5.41) is 0. The van der Waals surface area contributed by atoms with E-state index in [1.807, 2.05) is 25.2 Å². The molecule has 0 spiro atoms. The van der Waals surface area contributed by atoms with Gasteiger partial charge in [0.25, 0.3) is 0 Å². The molecule has 0 fully saturated rings. The summed E-state index contributed by atoms with van der Waals surface area (Å²) in [7, 11) is 0. The van der Waals surface area contributed by atoms with E-state index >= 15 is 0 Å². The van der Waals surface area contributed by atoms with Gasteiger partial charge in [0.05, 0.1) is 0 Å². The third-order valence-electron chi connectivity index (χ3n) is 4.83. The van der Waals surface area contributed by atoms with Crippen LogP contribution in [0.2, 0.25) is 0 Å². The largest absolute Gasteiger partial charge is 0.428 e. The summed E-state index contributed by atoms with van der Waals surface area (Å²) < 4.78 is 9.53. The van der Waals surface area contributed by atoms with Crippen molar-refractivity contribution in [1.82, 2.24) is 0 Å². The van der Waals surface area contributed by atoms with Gasteiger partial charge in [-0.05, 0) is 56.6 Å². The molecule has 0 N–H and O–H groups in total. The van der Waals surface area contributed by atoms with Crippen molar-refractivity contribution < 1.29 is 19.1 Å². The third kappa shape index (κ3) is 8.55. The Kier molecular flexibility index (Phi) is 9.70. The van der Waals surface area contributed by atoms with E-state index in [9.17, 15) is 9.59 Å². The standard InChI is InChI=1S/C24H34O4/c1-7-22(25)27-17-28-23(26)16-19(3)11-8-10-18(2)13-14-21-20(4)12-9-15-24(21,5)6/h8,10-11,13-14,16H,7,9,12,15,17H2,1-6H3/b11-8+,14-13+,18-10+,19-16+. The first-order chi connectivity index (χ1) is 13.2. The number of ether oxygens (including phenoxy) is 2. The van der Waals surface area contributed by atoms with E-state index in [0.29, 0.717) is 0 Å². The highest BCUT2D eigenvalue weighted by molar-refractivity contribution is 5.83. The molecular formula is C24H34O4. The average molecular weight is 387 g/mol. The number of carbonyl (C=O) groups excluding carboxylic acids is 2. The predicted octanol–water partition coefficient (Wildman–Crippen LogP) is 5.97. The maximum atomic E-state index is 11.6. The van der Waals surface area contributed by atoms with Crippen LogP contribution in [0.1, 0.15) is 67.2 Å². The molecule has 0 aromatic rings. The van der Waals surface area contributed by atoms with Gasteiger partial charge in [-0.25, -0.2) is 4.79 Å². The summed E-state index contributed by atoms with van der Waals surface area (Å²) in [6.45, 7) is 12.0. The van der Waals surface area contributed by atoms with Crippen molar-refractivity contribution in [2.45, 2.75) is 67.2 Å². The van der Waals surface area contributed by atoms with Crippen LogP contribution in [0.15, 0.2) is 58.7 Å². The molecule has 0 aliphatic heterocycles. The van der Waals surface area contributed by atoms with E-state index in [1.54, 1.807) is 6.92 Å². The second-order valence-corrected chi connectivity index (χ2v) is 7.87. The van der Waals surface area contributed by atoms with Crippen molar-refractivity contribution in [3.8, 4) is 0 Å². The molecule has 0 radical (unpaired) electrons. The van der Waals surface area contributed by atoms with Gasteiger partial charge in [0.15, 0.2) is 0 Å². The second-order valence-electron chi connectivity index (χ2n) is 7.87. The monoisotopic (exact) mass is 386 g/mol. The molecule has 154 valence electrons. The van der Waals surface area contributed by atoms with Crippen molar-refractivity contribution in [2.24, 2.45) is 5.41 Å². The van der Waals surface area contributed by atoms with Crippen LogP contribution < -0.4 is 0 Å². The Labute approximate surface area is 169 Å². The number of hydrogen-bond donors (Lipinski definition) is 0. The van der Waals surface area contributed by atoms with E-state index in [-0.39, 0.29) is 18.6 Å². The molecule has 0 heterocycles. The number of esters is 2. The quantitative estimate of drug-likeness (QED) is 0.223. The maximum absolute atomic E-state index is 11.6. The van der Waals surface area contributed by atoms with E-state index in [0.717, 1.165) is 11.1 Å². The molecule has 0 unspecified atom stereocenters. The Morgan fingerprint density at radius 1 is 1.11 bits per heavy atom. The van der Waals surface area contributed by atoms with Gasteiger partial charge >= 0.3 is 11.9 Å². The Balaban J connectivity index is 2.60. The minimum atomic E-state index is -0.534. The summed E-state index contributed by atoms with van der Waals surface area (Å²) in [5.74, 6) is -0.932. The fourth-order valence-corrected chi connectivity index (χ4v) is 3.16. The van der Waals surface area contributed by atoms with Gasteiger partial charge < -0.3 is 9.47 Å². The van der Waals surface area contributed by atoms with Crippen LogP contribution in [-0.4, -0.2) is 18.7 Å².